The van der Waals surface area contributed by atoms with Crippen LogP contribution in [0.5, 0.6) is 0 Å². The number of hydrogen-bond acceptors (Lipinski definition) is 12. The van der Waals surface area contributed by atoms with Crippen molar-refractivity contribution in [3.63, 3.8) is 0 Å². The second kappa shape index (κ2) is 12.7. The SMILES string of the molecule is O=S(=O)([O-])F.O=S(=O)([O-])F.O=S(=O)([O-])F.O=S(=O)([O-])F.[Sn+4]. The van der Waals surface area contributed by atoms with Crippen LogP contribution in [0.4, 0.5) is 15.5 Å². The van der Waals surface area contributed by atoms with Crippen molar-refractivity contribution >= 4 is 65.9 Å². The van der Waals surface area contributed by atoms with E-state index in [9.17, 15) is 15.5 Å². The fraction of sp³-hybridized carbons (Fsp3) is 0. The van der Waals surface area contributed by atoms with Gasteiger partial charge in [-0.15, -0.1) is 15.5 Å². The largest absolute Gasteiger partial charge is 4.00 e. The Hall–Kier alpha value is 0.159. The summed E-state index contributed by atoms with van der Waals surface area (Å²) >= 11 is 0. The van der Waals surface area contributed by atoms with Crippen LogP contribution in [-0.2, 0) is 42.0 Å². The first-order valence-corrected chi connectivity index (χ1v) is 7.85. The zero-order valence-electron chi connectivity index (χ0n) is 8.54. The molecule has 0 N–H and O–H groups in total. The molecule has 0 rings (SSSR count). The van der Waals surface area contributed by atoms with Gasteiger partial charge in [0.25, 0.3) is 42.0 Å². The van der Waals surface area contributed by atoms with Crippen molar-refractivity contribution in [2.24, 2.45) is 0 Å². The van der Waals surface area contributed by atoms with E-state index < -0.39 is 42.0 Å². The normalized spacial score (nSPS) is 11.0. The molecule has 21 heavy (non-hydrogen) atoms. The van der Waals surface area contributed by atoms with Crippen molar-refractivity contribution in [1.82, 2.24) is 0 Å². The van der Waals surface area contributed by atoms with E-state index in [2.05, 4.69) is 0 Å². The topological polar surface area (TPSA) is 229 Å². The third kappa shape index (κ3) is 264000. The molecule has 0 atom stereocenters. The Morgan fingerprint density at radius 1 is 0.429 bits per heavy atom. The first-order valence-electron chi connectivity index (χ1n) is 2.62. The molecule has 0 bridgehead atoms. The summed E-state index contributed by atoms with van der Waals surface area (Å²) < 4.78 is 141. The van der Waals surface area contributed by atoms with Crippen LogP contribution in [0.25, 0.3) is 0 Å². The molecular formula is F4O12S4Sn. The average molecular weight is 515 g/mol. The third-order valence-electron chi connectivity index (χ3n) is 0. The molecule has 0 aliphatic carbocycles. The van der Waals surface area contributed by atoms with Gasteiger partial charge in [0, 0.05) is 0 Å². The summed E-state index contributed by atoms with van der Waals surface area (Å²) in [6.07, 6.45) is 0. The molecule has 128 valence electrons. The van der Waals surface area contributed by atoms with Crippen molar-refractivity contribution in [3.05, 3.63) is 0 Å². The second-order valence-electron chi connectivity index (χ2n) is 1.57. The Bertz CT molecular complexity index is 486. The van der Waals surface area contributed by atoms with Crippen LogP contribution < -0.4 is 0 Å². The van der Waals surface area contributed by atoms with Crippen LogP contribution >= 0.6 is 0 Å². The summed E-state index contributed by atoms with van der Waals surface area (Å²) in [7, 11) is -21.7. The maximum Gasteiger partial charge on any atom is 4.00 e. The van der Waals surface area contributed by atoms with Crippen LogP contribution in [0, 0.1) is 0 Å². The molecule has 0 aliphatic rings. The van der Waals surface area contributed by atoms with E-state index in [1.165, 1.54) is 0 Å². The summed E-state index contributed by atoms with van der Waals surface area (Å²) in [4.78, 5) is 0. The van der Waals surface area contributed by atoms with E-state index in [0.29, 0.717) is 0 Å². The molecule has 0 aliphatic heterocycles. The quantitative estimate of drug-likeness (QED) is 0.139. The Morgan fingerprint density at radius 2 is 0.429 bits per heavy atom. The van der Waals surface area contributed by atoms with Crippen molar-refractivity contribution in [2.45, 2.75) is 0 Å². The molecule has 0 radical (unpaired) electrons. The van der Waals surface area contributed by atoms with E-state index in [4.69, 9.17) is 51.9 Å². The van der Waals surface area contributed by atoms with Gasteiger partial charge in [-0.1, -0.05) is 0 Å². The predicted octanol–water partition coefficient (Wildman–Crippen LogP) is -2.72. The van der Waals surface area contributed by atoms with Gasteiger partial charge >= 0.3 is 23.9 Å². The Morgan fingerprint density at radius 3 is 0.429 bits per heavy atom. The summed E-state index contributed by atoms with van der Waals surface area (Å²) in [6, 6.07) is 0. The molecule has 0 heterocycles. The van der Waals surface area contributed by atoms with Crippen LogP contribution in [0.2, 0.25) is 0 Å². The third-order valence-corrected chi connectivity index (χ3v) is 0. The van der Waals surface area contributed by atoms with Gasteiger partial charge in [-0.25, -0.2) is 33.7 Å². The summed E-state index contributed by atoms with van der Waals surface area (Å²) in [6.45, 7) is 0. The van der Waals surface area contributed by atoms with Gasteiger partial charge in [0.15, 0.2) is 0 Å². The molecule has 12 nitrogen and oxygen atoms in total. The van der Waals surface area contributed by atoms with Gasteiger partial charge in [0.05, 0.1) is 0 Å². The van der Waals surface area contributed by atoms with E-state index in [-0.39, 0.29) is 23.9 Å². The minimum Gasteiger partial charge on any atom is -0.722 e. The smallest absolute Gasteiger partial charge is 0.722 e. The minimum absolute atomic E-state index is 0. The second-order valence-corrected chi connectivity index (χ2v) is 4.72. The molecule has 0 spiro atoms. The predicted molar refractivity (Wildman–Crippen MR) is 49.0 cm³/mol. The van der Waals surface area contributed by atoms with Gasteiger partial charge in [0.2, 0.25) is 0 Å². The molecule has 0 saturated heterocycles. The summed E-state index contributed by atoms with van der Waals surface area (Å²) in [5.74, 6) is 0. The van der Waals surface area contributed by atoms with Gasteiger partial charge in [-0.05, 0) is 0 Å². The molecule has 0 amide bonds. The number of halogens is 4. The van der Waals surface area contributed by atoms with E-state index in [1.807, 2.05) is 0 Å². The van der Waals surface area contributed by atoms with Crippen LogP contribution in [-0.4, -0.2) is 75.8 Å². The van der Waals surface area contributed by atoms with E-state index in [1.54, 1.807) is 0 Å². The van der Waals surface area contributed by atoms with Crippen molar-refractivity contribution in [2.75, 3.05) is 0 Å². The van der Waals surface area contributed by atoms with Crippen LogP contribution in [0.3, 0.4) is 0 Å². The number of hydrogen-bond donors (Lipinski definition) is 0. The first-order chi connectivity index (χ1) is 8.00. The van der Waals surface area contributed by atoms with E-state index in [0.717, 1.165) is 0 Å². The van der Waals surface area contributed by atoms with Crippen molar-refractivity contribution in [1.29, 1.82) is 0 Å². The van der Waals surface area contributed by atoms with Crippen LogP contribution in [0.15, 0.2) is 0 Å². The minimum atomic E-state index is -5.42. The van der Waals surface area contributed by atoms with Crippen LogP contribution in [0.1, 0.15) is 0 Å². The van der Waals surface area contributed by atoms with E-state index >= 15 is 0 Å². The molecular weight excluding hydrogens is 515 g/mol. The monoisotopic (exact) mass is 516 g/mol. The zero-order chi connectivity index (χ0) is 18.0. The van der Waals surface area contributed by atoms with Gasteiger partial charge in [0.1, 0.15) is 0 Å². The maximum absolute atomic E-state index is 10.1. The summed E-state index contributed by atoms with van der Waals surface area (Å²) in [5.41, 5.74) is 0. The first kappa shape index (κ1) is 32.9. The molecule has 21 heteroatoms. The molecule has 0 aromatic carbocycles. The maximum atomic E-state index is 10.1. The molecule has 0 aromatic heterocycles. The summed E-state index contributed by atoms with van der Waals surface area (Å²) in [5, 5.41) is 0. The van der Waals surface area contributed by atoms with Gasteiger partial charge in [-0.2, -0.15) is 0 Å². The standard InChI is InChI=1S/4FHO3S.Sn/c4*1-5(2,3)4;/h4*(H,2,3,4);/q;;;;+4/p-4. The number of rotatable bonds is 0. The Labute approximate surface area is 133 Å². The fourth-order valence-electron chi connectivity index (χ4n) is 0. The molecule has 0 saturated carbocycles. The molecule has 0 fully saturated rings. The van der Waals surface area contributed by atoms with Crippen molar-refractivity contribution in [3.8, 4) is 0 Å². The zero-order valence-corrected chi connectivity index (χ0v) is 14.7. The fourth-order valence-corrected chi connectivity index (χ4v) is 0. The van der Waals surface area contributed by atoms with Gasteiger partial charge in [-0.3, -0.25) is 0 Å². The van der Waals surface area contributed by atoms with Gasteiger partial charge < -0.3 is 18.2 Å². The average Bonchev–Trinajstić information content (AvgIpc) is 1.62. The Balaban J connectivity index is -0.0000000533. The molecule has 0 aromatic rings. The molecule has 0 unspecified atom stereocenters. The Kier molecular flexibility index (Phi) is 19.9. The van der Waals surface area contributed by atoms with Crippen molar-refractivity contribution < 1.29 is 67.4 Å².